The molecule has 122 valence electrons. The Hall–Kier alpha value is -2.61. The molecule has 9 heteroatoms. The molecule has 1 aromatic heterocycles. The number of carbonyl (C=O) groups is 2. The van der Waals surface area contributed by atoms with E-state index in [1.165, 1.54) is 17.7 Å². The number of nitrogens with zero attached hydrogens (tertiary/aromatic N) is 2. The Balaban J connectivity index is 2.59. The molecule has 0 spiro atoms. The van der Waals surface area contributed by atoms with Gasteiger partial charge in [0.1, 0.15) is 0 Å². The van der Waals surface area contributed by atoms with Crippen LogP contribution in [0, 0.1) is 6.92 Å². The highest BCUT2D eigenvalue weighted by atomic mass is 35.5. The van der Waals surface area contributed by atoms with Crippen LogP contribution in [0.15, 0.2) is 16.9 Å². The maximum atomic E-state index is 12.1. The Morgan fingerprint density at radius 1 is 1.43 bits per heavy atom. The highest BCUT2D eigenvalue weighted by Gasteiger charge is 2.13. The van der Waals surface area contributed by atoms with Crippen molar-refractivity contribution in [2.24, 2.45) is 5.73 Å². The summed E-state index contributed by atoms with van der Waals surface area (Å²) >= 11 is 6.12. The van der Waals surface area contributed by atoms with Crippen LogP contribution in [0.4, 0.5) is 10.5 Å². The number of esters is 1. The van der Waals surface area contributed by atoms with E-state index < -0.39 is 17.7 Å². The van der Waals surface area contributed by atoms with Crippen LogP contribution in [0.3, 0.4) is 0 Å². The number of primary amides is 1. The molecule has 0 saturated carbocycles. The van der Waals surface area contributed by atoms with Crippen molar-refractivity contribution < 1.29 is 14.3 Å². The average molecular weight is 339 g/mol. The number of fused-ring (bicyclic) bond motifs is 1. The summed E-state index contributed by atoms with van der Waals surface area (Å²) in [5.74, 6) is -0.441. The molecule has 0 aliphatic carbocycles. The molecule has 23 heavy (non-hydrogen) atoms. The smallest absolute Gasteiger partial charge is 0.348 e. The van der Waals surface area contributed by atoms with Crippen LogP contribution in [0.5, 0.6) is 0 Å². The molecule has 2 aromatic rings. The lowest BCUT2D eigenvalue weighted by Gasteiger charge is -2.13. The van der Waals surface area contributed by atoms with E-state index in [4.69, 9.17) is 17.3 Å². The number of urea groups is 1. The van der Waals surface area contributed by atoms with Gasteiger partial charge in [-0.1, -0.05) is 11.6 Å². The van der Waals surface area contributed by atoms with Gasteiger partial charge in [-0.3, -0.25) is 9.36 Å². The summed E-state index contributed by atoms with van der Waals surface area (Å²) in [4.78, 5) is 38.3. The lowest BCUT2D eigenvalue weighted by molar-refractivity contribution is -0.140. The molecule has 0 aliphatic heterocycles. The van der Waals surface area contributed by atoms with E-state index in [0.29, 0.717) is 22.3 Å². The number of aryl methyl sites for hydroxylation is 2. The summed E-state index contributed by atoms with van der Waals surface area (Å²) in [7, 11) is 1.27. The molecular formula is C14H15ClN4O4. The topological polar surface area (TPSA) is 116 Å². The third kappa shape index (κ3) is 3.59. The fourth-order valence-corrected chi connectivity index (χ4v) is 2.40. The van der Waals surface area contributed by atoms with Crippen LogP contribution in [0.25, 0.3) is 10.9 Å². The van der Waals surface area contributed by atoms with Crippen molar-refractivity contribution in [1.29, 1.82) is 0 Å². The largest absolute Gasteiger partial charge is 0.469 e. The number of hydrogen-bond acceptors (Lipinski definition) is 5. The Kier molecular flexibility index (Phi) is 4.85. The van der Waals surface area contributed by atoms with Gasteiger partial charge in [-0.05, 0) is 19.1 Å². The monoisotopic (exact) mass is 338 g/mol. The van der Waals surface area contributed by atoms with Crippen molar-refractivity contribution in [3.05, 3.63) is 33.3 Å². The molecule has 0 bridgehead atoms. The van der Waals surface area contributed by atoms with Gasteiger partial charge in [0.25, 0.3) is 0 Å². The number of anilines is 1. The van der Waals surface area contributed by atoms with Crippen LogP contribution in [-0.4, -0.2) is 28.7 Å². The molecule has 0 fully saturated rings. The van der Waals surface area contributed by atoms with Gasteiger partial charge in [-0.15, -0.1) is 0 Å². The van der Waals surface area contributed by atoms with Crippen LogP contribution < -0.4 is 16.7 Å². The summed E-state index contributed by atoms with van der Waals surface area (Å²) in [6.07, 6.45) is 0.0230. The van der Waals surface area contributed by atoms with Gasteiger partial charge in [0.05, 0.1) is 35.5 Å². The number of benzene rings is 1. The number of rotatable bonds is 4. The van der Waals surface area contributed by atoms with Crippen molar-refractivity contribution in [3.8, 4) is 0 Å². The zero-order chi connectivity index (χ0) is 17.1. The van der Waals surface area contributed by atoms with Crippen LogP contribution >= 0.6 is 11.6 Å². The number of aromatic nitrogens is 2. The van der Waals surface area contributed by atoms with Crippen molar-refractivity contribution in [2.75, 3.05) is 12.4 Å². The maximum absolute atomic E-state index is 12.1. The summed E-state index contributed by atoms with van der Waals surface area (Å²) < 4.78 is 5.90. The van der Waals surface area contributed by atoms with Gasteiger partial charge >= 0.3 is 17.7 Å². The second-order valence-corrected chi connectivity index (χ2v) is 5.20. The molecule has 0 radical (unpaired) electrons. The molecule has 3 N–H and O–H groups in total. The van der Waals surface area contributed by atoms with E-state index in [9.17, 15) is 14.4 Å². The first kappa shape index (κ1) is 16.8. The number of nitrogens with two attached hydrogens (primary N) is 1. The summed E-state index contributed by atoms with van der Waals surface area (Å²) in [6.45, 7) is 1.77. The van der Waals surface area contributed by atoms with E-state index in [1.807, 2.05) is 0 Å². The fourth-order valence-electron chi connectivity index (χ4n) is 2.19. The predicted octanol–water partition coefficient (Wildman–Crippen LogP) is 1.41. The standard InChI is InChI=1S/C14H15ClN4O4/c1-7-8-5-10(18-13(16)21)9(15)6-11(8)19(14(22)17-7)4-3-12(20)23-2/h5-6H,3-4H2,1-2H3,(H3,16,18,21). The quantitative estimate of drug-likeness (QED) is 0.817. The van der Waals surface area contributed by atoms with E-state index in [1.54, 1.807) is 13.0 Å². The molecule has 0 saturated heterocycles. The molecule has 0 aliphatic rings. The minimum absolute atomic E-state index is 0.0230. The highest BCUT2D eigenvalue weighted by Crippen LogP contribution is 2.28. The number of hydrogen-bond donors (Lipinski definition) is 2. The predicted molar refractivity (Wildman–Crippen MR) is 85.6 cm³/mol. The molecule has 1 heterocycles. The minimum atomic E-state index is -0.754. The van der Waals surface area contributed by atoms with E-state index >= 15 is 0 Å². The van der Waals surface area contributed by atoms with Gasteiger partial charge in [0, 0.05) is 11.9 Å². The number of nitrogens with one attached hydrogen (secondary N) is 1. The van der Waals surface area contributed by atoms with Crippen LogP contribution in [0.2, 0.25) is 5.02 Å². The van der Waals surface area contributed by atoms with Crippen molar-refractivity contribution in [2.45, 2.75) is 19.9 Å². The first-order chi connectivity index (χ1) is 10.8. The highest BCUT2D eigenvalue weighted by molar-refractivity contribution is 6.34. The third-order valence-corrected chi connectivity index (χ3v) is 3.60. The number of carbonyl (C=O) groups excluding carboxylic acids is 2. The van der Waals surface area contributed by atoms with Crippen molar-refractivity contribution in [1.82, 2.24) is 9.55 Å². The Morgan fingerprint density at radius 2 is 2.13 bits per heavy atom. The average Bonchev–Trinajstić information content (AvgIpc) is 2.47. The van der Waals surface area contributed by atoms with E-state index in [-0.39, 0.29) is 18.0 Å². The fraction of sp³-hybridized carbons (Fsp3) is 0.286. The normalized spacial score (nSPS) is 10.6. The second kappa shape index (κ2) is 6.66. The molecule has 0 unspecified atom stereocenters. The van der Waals surface area contributed by atoms with Gasteiger partial charge in [-0.25, -0.2) is 9.59 Å². The Morgan fingerprint density at radius 3 is 2.74 bits per heavy atom. The third-order valence-electron chi connectivity index (χ3n) is 3.29. The molecule has 0 atom stereocenters. The Bertz CT molecular complexity index is 847. The summed E-state index contributed by atoms with van der Waals surface area (Å²) in [5.41, 5.74) is 5.90. The Labute approximate surface area is 136 Å². The zero-order valence-electron chi connectivity index (χ0n) is 12.6. The first-order valence-electron chi connectivity index (χ1n) is 6.67. The number of ether oxygens (including phenoxy) is 1. The lowest BCUT2D eigenvalue weighted by Crippen LogP contribution is -2.26. The first-order valence-corrected chi connectivity index (χ1v) is 7.05. The maximum Gasteiger partial charge on any atom is 0.348 e. The van der Waals surface area contributed by atoms with Gasteiger partial charge in [-0.2, -0.15) is 4.98 Å². The molecule has 8 nitrogen and oxygen atoms in total. The second-order valence-electron chi connectivity index (χ2n) is 4.80. The number of methoxy groups -OCH3 is 1. The lowest BCUT2D eigenvalue weighted by atomic mass is 10.1. The van der Waals surface area contributed by atoms with Gasteiger partial charge in [0.2, 0.25) is 0 Å². The summed E-state index contributed by atoms with van der Waals surface area (Å²) in [6, 6.07) is 2.35. The van der Waals surface area contributed by atoms with Crippen LogP contribution in [-0.2, 0) is 16.1 Å². The molecule has 2 amide bonds. The van der Waals surface area contributed by atoms with Gasteiger partial charge < -0.3 is 15.8 Å². The zero-order valence-corrected chi connectivity index (χ0v) is 13.3. The van der Waals surface area contributed by atoms with Crippen molar-refractivity contribution >= 4 is 40.2 Å². The van der Waals surface area contributed by atoms with E-state index in [2.05, 4.69) is 15.0 Å². The summed E-state index contributed by atoms with van der Waals surface area (Å²) in [5, 5.41) is 3.23. The molecule has 2 rings (SSSR count). The SMILES string of the molecule is COC(=O)CCn1c(=O)nc(C)c2cc(NC(N)=O)c(Cl)cc21. The number of halogens is 1. The molecular weight excluding hydrogens is 324 g/mol. The molecule has 1 aromatic carbocycles. The van der Waals surface area contributed by atoms with Gasteiger partial charge in [0.15, 0.2) is 0 Å². The minimum Gasteiger partial charge on any atom is -0.469 e. The van der Waals surface area contributed by atoms with Crippen LogP contribution in [0.1, 0.15) is 12.1 Å². The van der Waals surface area contributed by atoms with E-state index in [0.717, 1.165) is 0 Å². The van der Waals surface area contributed by atoms with Crippen molar-refractivity contribution in [3.63, 3.8) is 0 Å². The number of amides is 2.